The van der Waals surface area contributed by atoms with E-state index in [1.165, 1.54) is 0 Å². The predicted molar refractivity (Wildman–Crippen MR) is 56.3 cm³/mol. The Hall–Kier alpha value is -1.16. The molecule has 2 N–H and O–H groups in total. The van der Waals surface area contributed by atoms with Crippen LogP contribution in [0.25, 0.3) is 0 Å². The lowest BCUT2D eigenvalue weighted by Crippen LogP contribution is -2.19. The molecule has 4 nitrogen and oxygen atoms in total. The molecule has 14 heavy (non-hydrogen) atoms. The Balaban J connectivity index is 2.58. The maximum absolute atomic E-state index is 9.35. The Bertz CT molecular complexity index is 281. The molecule has 1 atom stereocenters. The topological polar surface area (TPSA) is 58.0 Å². The summed E-state index contributed by atoms with van der Waals surface area (Å²) in [7, 11) is 0. The highest BCUT2D eigenvalue weighted by Gasteiger charge is 2.02. The van der Waals surface area contributed by atoms with Crippen molar-refractivity contribution in [1.29, 1.82) is 0 Å². The second kappa shape index (κ2) is 4.91. The molecule has 0 spiro atoms. The first-order valence-electron chi connectivity index (χ1n) is 4.86. The first-order chi connectivity index (χ1) is 6.61. The molecule has 0 amide bonds. The van der Waals surface area contributed by atoms with Crippen LogP contribution in [-0.4, -0.2) is 27.7 Å². The van der Waals surface area contributed by atoms with Crippen molar-refractivity contribution in [3.8, 4) is 0 Å². The van der Waals surface area contributed by atoms with Crippen LogP contribution in [0.3, 0.4) is 0 Å². The van der Waals surface area contributed by atoms with Gasteiger partial charge in [0.2, 0.25) is 0 Å². The highest BCUT2D eigenvalue weighted by molar-refractivity contribution is 5.35. The van der Waals surface area contributed by atoms with Crippen molar-refractivity contribution in [2.75, 3.05) is 11.9 Å². The lowest BCUT2D eigenvalue weighted by Gasteiger charge is -2.10. The summed E-state index contributed by atoms with van der Waals surface area (Å²) in [6.07, 6.45) is 0.432. The van der Waals surface area contributed by atoms with Crippen molar-refractivity contribution < 1.29 is 5.11 Å². The number of aromatic nitrogens is 2. The molecule has 0 saturated heterocycles. The summed E-state index contributed by atoms with van der Waals surface area (Å²) < 4.78 is 0. The van der Waals surface area contributed by atoms with E-state index in [1.807, 2.05) is 26.8 Å². The van der Waals surface area contributed by atoms with Gasteiger partial charge in [-0.15, -0.1) is 0 Å². The van der Waals surface area contributed by atoms with Crippen LogP contribution in [0.1, 0.15) is 24.9 Å². The van der Waals surface area contributed by atoms with Crippen LogP contribution in [0.5, 0.6) is 0 Å². The van der Waals surface area contributed by atoms with Crippen LogP contribution in [0.4, 0.5) is 5.82 Å². The lowest BCUT2D eigenvalue weighted by molar-refractivity contribution is 0.183. The second-order valence-corrected chi connectivity index (χ2v) is 3.38. The SMILES string of the molecule is CCC(O)CNc1cc(C)nc(C)n1. The van der Waals surface area contributed by atoms with Crippen molar-refractivity contribution in [3.63, 3.8) is 0 Å². The summed E-state index contributed by atoms with van der Waals surface area (Å²) in [6.45, 7) is 6.26. The molecule has 1 rings (SSSR count). The van der Waals surface area contributed by atoms with Crippen molar-refractivity contribution in [2.45, 2.75) is 33.3 Å². The van der Waals surface area contributed by atoms with Gasteiger partial charge in [0.25, 0.3) is 0 Å². The summed E-state index contributed by atoms with van der Waals surface area (Å²) in [5.74, 6) is 1.53. The molecule has 1 unspecified atom stereocenters. The monoisotopic (exact) mass is 195 g/mol. The molecule has 0 saturated carbocycles. The number of aliphatic hydroxyl groups is 1. The van der Waals surface area contributed by atoms with Gasteiger partial charge >= 0.3 is 0 Å². The maximum Gasteiger partial charge on any atom is 0.130 e. The molecule has 0 radical (unpaired) electrons. The van der Waals surface area contributed by atoms with Gasteiger partial charge in [0, 0.05) is 18.3 Å². The number of nitrogens with one attached hydrogen (secondary N) is 1. The summed E-state index contributed by atoms with van der Waals surface area (Å²) >= 11 is 0. The third-order valence-electron chi connectivity index (χ3n) is 1.96. The van der Waals surface area contributed by atoms with Crippen LogP contribution in [0.2, 0.25) is 0 Å². The molecule has 0 bridgehead atoms. The molecular formula is C10H17N3O. The van der Waals surface area contributed by atoms with E-state index in [2.05, 4.69) is 15.3 Å². The van der Waals surface area contributed by atoms with Crippen LogP contribution < -0.4 is 5.32 Å². The van der Waals surface area contributed by atoms with Crippen molar-refractivity contribution in [1.82, 2.24) is 9.97 Å². The molecule has 0 aromatic carbocycles. The van der Waals surface area contributed by atoms with E-state index >= 15 is 0 Å². The van der Waals surface area contributed by atoms with Crippen LogP contribution in [0.15, 0.2) is 6.07 Å². The maximum atomic E-state index is 9.35. The Morgan fingerprint density at radius 1 is 1.43 bits per heavy atom. The summed E-state index contributed by atoms with van der Waals surface area (Å²) in [5.41, 5.74) is 0.936. The Morgan fingerprint density at radius 2 is 2.14 bits per heavy atom. The molecule has 78 valence electrons. The minimum absolute atomic E-state index is 0.314. The Kier molecular flexibility index (Phi) is 3.83. The quantitative estimate of drug-likeness (QED) is 0.759. The van der Waals surface area contributed by atoms with Crippen molar-refractivity contribution >= 4 is 5.82 Å². The fourth-order valence-electron chi connectivity index (χ4n) is 1.17. The van der Waals surface area contributed by atoms with Gasteiger partial charge in [-0.3, -0.25) is 0 Å². The normalized spacial score (nSPS) is 12.6. The van der Waals surface area contributed by atoms with Crippen molar-refractivity contribution in [2.24, 2.45) is 0 Å². The zero-order chi connectivity index (χ0) is 10.6. The molecule has 1 aromatic heterocycles. The van der Waals surface area contributed by atoms with Gasteiger partial charge in [0.1, 0.15) is 11.6 Å². The van der Waals surface area contributed by atoms with Crippen molar-refractivity contribution in [3.05, 3.63) is 17.6 Å². The number of anilines is 1. The van der Waals surface area contributed by atoms with Gasteiger partial charge in [-0.1, -0.05) is 6.92 Å². The highest BCUT2D eigenvalue weighted by atomic mass is 16.3. The number of aryl methyl sites for hydroxylation is 2. The van der Waals surface area contributed by atoms with E-state index < -0.39 is 0 Å². The smallest absolute Gasteiger partial charge is 0.130 e. The number of hydrogen-bond donors (Lipinski definition) is 2. The van der Waals surface area contributed by atoms with E-state index in [9.17, 15) is 5.11 Å². The number of rotatable bonds is 4. The Labute approximate surface area is 84.4 Å². The van der Waals surface area contributed by atoms with E-state index in [-0.39, 0.29) is 6.10 Å². The second-order valence-electron chi connectivity index (χ2n) is 3.38. The number of hydrogen-bond acceptors (Lipinski definition) is 4. The average Bonchev–Trinajstić information content (AvgIpc) is 2.12. The van der Waals surface area contributed by atoms with Gasteiger partial charge in [0.05, 0.1) is 6.10 Å². The van der Waals surface area contributed by atoms with Gasteiger partial charge < -0.3 is 10.4 Å². The summed E-state index contributed by atoms with van der Waals surface area (Å²) in [5, 5.41) is 12.4. The van der Waals surface area contributed by atoms with Gasteiger partial charge in [-0.25, -0.2) is 9.97 Å². The lowest BCUT2D eigenvalue weighted by atomic mass is 10.3. The van der Waals surface area contributed by atoms with Gasteiger partial charge in [-0.05, 0) is 20.3 Å². The zero-order valence-corrected chi connectivity index (χ0v) is 8.91. The standard InChI is InChI=1S/C10H17N3O/c1-4-9(14)6-11-10-5-7(2)12-8(3)13-10/h5,9,14H,4,6H2,1-3H3,(H,11,12,13). The first-order valence-corrected chi connectivity index (χ1v) is 4.86. The molecule has 0 aliphatic carbocycles. The molecule has 1 aromatic rings. The molecule has 1 heterocycles. The van der Waals surface area contributed by atoms with E-state index in [1.54, 1.807) is 0 Å². The molecule has 0 aliphatic heterocycles. The Morgan fingerprint density at radius 3 is 2.71 bits per heavy atom. The number of aliphatic hydroxyl groups excluding tert-OH is 1. The number of nitrogens with zero attached hydrogens (tertiary/aromatic N) is 2. The largest absolute Gasteiger partial charge is 0.391 e. The highest BCUT2D eigenvalue weighted by Crippen LogP contribution is 2.05. The molecule has 4 heteroatoms. The first kappa shape index (κ1) is 10.9. The molecular weight excluding hydrogens is 178 g/mol. The molecule has 0 aliphatic rings. The minimum Gasteiger partial charge on any atom is -0.391 e. The van der Waals surface area contributed by atoms with Gasteiger partial charge in [0.15, 0.2) is 0 Å². The van der Waals surface area contributed by atoms with E-state index in [0.717, 1.165) is 23.8 Å². The van der Waals surface area contributed by atoms with Crippen LogP contribution in [0, 0.1) is 13.8 Å². The summed E-state index contributed by atoms with van der Waals surface area (Å²) in [6, 6.07) is 1.87. The minimum atomic E-state index is -0.314. The van der Waals surface area contributed by atoms with Crippen LogP contribution in [-0.2, 0) is 0 Å². The zero-order valence-electron chi connectivity index (χ0n) is 8.91. The van der Waals surface area contributed by atoms with Gasteiger partial charge in [-0.2, -0.15) is 0 Å². The third-order valence-corrected chi connectivity index (χ3v) is 1.96. The fourth-order valence-corrected chi connectivity index (χ4v) is 1.17. The fraction of sp³-hybridized carbons (Fsp3) is 0.600. The van der Waals surface area contributed by atoms with E-state index in [4.69, 9.17) is 0 Å². The third kappa shape index (κ3) is 3.30. The predicted octanol–water partition coefficient (Wildman–Crippen LogP) is 1.28. The summed E-state index contributed by atoms with van der Waals surface area (Å²) in [4.78, 5) is 8.37. The van der Waals surface area contributed by atoms with E-state index in [0.29, 0.717) is 6.54 Å². The average molecular weight is 195 g/mol. The van der Waals surface area contributed by atoms with Crippen LogP contribution >= 0.6 is 0 Å². The molecule has 0 fully saturated rings.